The monoisotopic (exact) mass is 308 g/mol. The van der Waals surface area contributed by atoms with E-state index in [2.05, 4.69) is 27.5 Å². The molecule has 1 aromatic heterocycles. The number of anilines is 2. The fraction of sp³-hybridized carbons (Fsp3) is 0.333. The van der Waals surface area contributed by atoms with Gasteiger partial charge in [0, 0.05) is 13.1 Å². The van der Waals surface area contributed by atoms with E-state index in [0.29, 0.717) is 29.8 Å². The number of benzene rings is 1. The summed E-state index contributed by atoms with van der Waals surface area (Å²) < 4.78 is 13.1. The third-order valence-electron chi connectivity index (χ3n) is 2.87. The molecule has 4 nitrogen and oxygen atoms in total. The molecule has 112 valence electrons. The normalized spacial score (nSPS) is 10.4. The van der Waals surface area contributed by atoms with E-state index >= 15 is 0 Å². The number of halogens is 2. The second-order valence-corrected chi connectivity index (χ2v) is 5.03. The molecule has 0 amide bonds. The highest BCUT2D eigenvalue weighted by molar-refractivity contribution is 6.32. The summed E-state index contributed by atoms with van der Waals surface area (Å²) in [6.45, 7) is 3.50. The van der Waals surface area contributed by atoms with Crippen LogP contribution in [0.1, 0.15) is 18.9 Å². The van der Waals surface area contributed by atoms with Gasteiger partial charge < -0.3 is 10.6 Å². The van der Waals surface area contributed by atoms with Crippen LogP contribution in [0.2, 0.25) is 5.02 Å². The Morgan fingerprint density at radius 1 is 1.24 bits per heavy atom. The number of nitrogens with one attached hydrogen (secondary N) is 2. The molecule has 2 aromatic rings. The lowest BCUT2D eigenvalue weighted by Crippen LogP contribution is -2.10. The SMILES string of the molecule is CCCNc1ncc(Cl)c(NCCc2cccc(F)c2)n1. The van der Waals surface area contributed by atoms with Gasteiger partial charge in [-0.05, 0) is 30.5 Å². The highest BCUT2D eigenvalue weighted by Gasteiger charge is 2.05. The molecule has 0 aliphatic heterocycles. The number of rotatable bonds is 7. The van der Waals surface area contributed by atoms with Crippen LogP contribution in [0.3, 0.4) is 0 Å². The molecule has 2 N–H and O–H groups in total. The Morgan fingerprint density at radius 2 is 2.10 bits per heavy atom. The number of hydrogen-bond acceptors (Lipinski definition) is 4. The largest absolute Gasteiger partial charge is 0.368 e. The fourth-order valence-electron chi connectivity index (χ4n) is 1.83. The lowest BCUT2D eigenvalue weighted by Gasteiger charge is -2.09. The van der Waals surface area contributed by atoms with Crippen LogP contribution in [-0.4, -0.2) is 23.1 Å². The first-order valence-electron chi connectivity index (χ1n) is 6.93. The molecule has 0 unspecified atom stereocenters. The Bertz CT molecular complexity index is 592. The van der Waals surface area contributed by atoms with Gasteiger partial charge in [-0.2, -0.15) is 4.98 Å². The predicted molar refractivity (Wildman–Crippen MR) is 84.4 cm³/mol. The summed E-state index contributed by atoms with van der Waals surface area (Å²) in [6, 6.07) is 6.55. The predicted octanol–water partition coefficient (Wildman–Crippen LogP) is 3.75. The van der Waals surface area contributed by atoms with Crippen LogP contribution in [0.4, 0.5) is 16.2 Å². The van der Waals surface area contributed by atoms with E-state index in [4.69, 9.17) is 11.6 Å². The molecule has 0 aliphatic carbocycles. The first-order chi connectivity index (χ1) is 10.2. The van der Waals surface area contributed by atoms with E-state index < -0.39 is 0 Å². The molecule has 0 spiro atoms. The first-order valence-corrected chi connectivity index (χ1v) is 7.31. The average Bonchev–Trinajstić information content (AvgIpc) is 2.48. The lowest BCUT2D eigenvalue weighted by molar-refractivity contribution is 0.625. The van der Waals surface area contributed by atoms with E-state index in [9.17, 15) is 4.39 Å². The molecule has 0 fully saturated rings. The Balaban J connectivity index is 1.92. The molecule has 0 bridgehead atoms. The van der Waals surface area contributed by atoms with Crippen molar-refractivity contribution >= 4 is 23.4 Å². The highest BCUT2D eigenvalue weighted by Crippen LogP contribution is 2.19. The molecule has 0 radical (unpaired) electrons. The van der Waals surface area contributed by atoms with Gasteiger partial charge in [-0.1, -0.05) is 30.7 Å². The van der Waals surface area contributed by atoms with E-state index in [-0.39, 0.29) is 5.82 Å². The van der Waals surface area contributed by atoms with E-state index in [1.54, 1.807) is 12.3 Å². The Hall–Kier alpha value is -1.88. The molecular formula is C15H18ClFN4. The van der Waals surface area contributed by atoms with Gasteiger partial charge in [0.1, 0.15) is 16.7 Å². The van der Waals surface area contributed by atoms with Gasteiger partial charge >= 0.3 is 0 Å². The summed E-state index contributed by atoms with van der Waals surface area (Å²) in [5.74, 6) is 0.912. The summed E-state index contributed by atoms with van der Waals surface area (Å²) in [6.07, 6.45) is 3.25. The van der Waals surface area contributed by atoms with Crippen molar-refractivity contribution in [2.24, 2.45) is 0 Å². The third kappa shape index (κ3) is 4.86. The van der Waals surface area contributed by atoms with Crippen molar-refractivity contribution in [1.29, 1.82) is 0 Å². The van der Waals surface area contributed by atoms with Crippen molar-refractivity contribution in [3.05, 3.63) is 46.9 Å². The minimum Gasteiger partial charge on any atom is -0.368 e. The van der Waals surface area contributed by atoms with Crippen LogP contribution in [0.15, 0.2) is 30.5 Å². The van der Waals surface area contributed by atoms with Gasteiger partial charge in [-0.3, -0.25) is 0 Å². The van der Waals surface area contributed by atoms with Crippen molar-refractivity contribution in [3.63, 3.8) is 0 Å². The van der Waals surface area contributed by atoms with Crippen molar-refractivity contribution < 1.29 is 4.39 Å². The molecule has 1 aromatic carbocycles. The highest BCUT2D eigenvalue weighted by atomic mass is 35.5. The van der Waals surface area contributed by atoms with Gasteiger partial charge in [0.15, 0.2) is 0 Å². The van der Waals surface area contributed by atoms with Crippen molar-refractivity contribution in [2.75, 3.05) is 23.7 Å². The molecule has 1 heterocycles. The second kappa shape index (κ2) is 7.78. The van der Waals surface area contributed by atoms with Crippen LogP contribution < -0.4 is 10.6 Å². The lowest BCUT2D eigenvalue weighted by atomic mass is 10.1. The summed E-state index contributed by atoms with van der Waals surface area (Å²) >= 11 is 6.06. The Kier molecular flexibility index (Phi) is 5.75. The standard InChI is InChI=1S/C15H18ClFN4/c1-2-7-19-15-20-10-13(16)14(21-15)18-8-6-11-4-3-5-12(17)9-11/h3-5,9-10H,2,6-8H2,1H3,(H2,18,19,20,21). The molecule has 0 atom stereocenters. The van der Waals surface area contributed by atoms with Gasteiger partial charge in [-0.25, -0.2) is 9.37 Å². The van der Waals surface area contributed by atoms with E-state index in [0.717, 1.165) is 18.5 Å². The fourth-order valence-corrected chi connectivity index (χ4v) is 1.99. The zero-order chi connectivity index (χ0) is 15.1. The zero-order valence-corrected chi connectivity index (χ0v) is 12.6. The van der Waals surface area contributed by atoms with Crippen molar-refractivity contribution in [3.8, 4) is 0 Å². The maximum atomic E-state index is 13.1. The maximum Gasteiger partial charge on any atom is 0.224 e. The summed E-state index contributed by atoms with van der Waals surface area (Å²) in [5.41, 5.74) is 0.928. The molecule has 0 saturated carbocycles. The first kappa shape index (κ1) is 15.5. The molecule has 0 aliphatic rings. The van der Waals surface area contributed by atoms with Crippen LogP contribution in [0.25, 0.3) is 0 Å². The Morgan fingerprint density at radius 3 is 2.86 bits per heavy atom. The number of aromatic nitrogens is 2. The van der Waals surface area contributed by atoms with E-state index in [1.807, 2.05) is 6.07 Å². The number of nitrogens with zero attached hydrogens (tertiary/aromatic N) is 2. The van der Waals surface area contributed by atoms with Crippen molar-refractivity contribution in [2.45, 2.75) is 19.8 Å². The maximum absolute atomic E-state index is 13.1. The van der Waals surface area contributed by atoms with Gasteiger partial charge in [-0.15, -0.1) is 0 Å². The van der Waals surface area contributed by atoms with Crippen LogP contribution >= 0.6 is 11.6 Å². The molecule has 0 saturated heterocycles. The van der Waals surface area contributed by atoms with Gasteiger partial charge in [0.05, 0.1) is 6.20 Å². The summed E-state index contributed by atoms with van der Waals surface area (Å²) in [5, 5.41) is 6.73. The zero-order valence-electron chi connectivity index (χ0n) is 11.9. The number of hydrogen-bond donors (Lipinski definition) is 2. The van der Waals surface area contributed by atoms with Crippen LogP contribution in [0, 0.1) is 5.82 Å². The molecular weight excluding hydrogens is 291 g/mol. The van der Waals surface area contributed by atoms with Crippen LogP contribution in [0.5, 0.6) is 0 Å². The summed E-state index contributed by atoms with van der Waals surface area (Å²) in [7, 11) is 0. The quantitative estimate of drug-likeness (QED) is 0.818. The molecule has 2 rings (SSSR count). The van der Waals surface area contributed by atoms with Gasteiger partial charge in [0.25, 0.3) is 0 Å². The Labute approximate surface area is 128 Å². The minimum atomic E-state index is -0.223. The van der Waals surface area contributed by atoms with E-state index in [1.165, 1.54) is 12.1 Å². The van der Waals surface area contributed by atoms with Crippen molar-refractivity contribution in [1.82, 2.24) is 9.97 Å². The summed E-state index contributed by atoms with van der Waals surface area (Å²) in [4.78, 5) is 8.43. The smallest absolute Gasteiger partial charge is 0.224 e. The second-order valence-electron chi connectivity index (χ2n) is 4.62. The van der Waals surface area contributed by atoms with Crippen LogP contribution in [-0.2, 0) is 6.42 Å². The average molecular weight is 309 g/mol. The topological polar surface area (TPSA) is 49.8 Å². The van der Waals surface area contributed by atoms with Gasteiger partial charge in [0.2, 0.25) is 5.95 Å². The molecule has 6 heteroatoms. The third-order valence-corrected chi connectivity index (χ3v) is 3.15. The minimum absolute atomic E-state index is 0.223. The molecule has 21 heavy (non-hydrogen) atoms.